The molecule has 0 radical (unpaired) electrons. The average molecular weight is 389 g/mol. The van der Waals surface area contributed by atoms with Crippen molar-refractivity contribution in [2.24, 2.45) is 0 Å². The molecule has 0 saturated carbocycles. The molecular formula is C21H20N6S. The second kappa shape index (κ2) is 7.52. The van der Waals surface area contributed by atoms with Gasteiger partial charge in [0.2, 0.25) is 5.95 Å². The van der Waals surface area contributed by atoms with E-state index in [0.29, 0.717) is 5.95 Å². The number of hydrogen-bond donors (Lipinski definition) is 0. The minimum absolute atomic E-state index is 0.701. The zero-order valence-electron chi connectivity index (χ0n) is 15.4. The molecule has 0 amide bonds. The molecular weight excluding hydrogens is 368 g/mol. The minimum atomic E-state index is 0.701. The first-order valence-electron chi connectivity index (χ1n) is 9.47. The molecule has 2 aromatic heterocycles. The van der Waals surface area contributed by atoms with Crippen LogP contribution in [0.15, 0.2) is 60.8 Å². The van der Waals surface area contributed by atoms with Crippen LogP contribution in [0.5, 0.6) is 0 Å². The van der Waals surface area contributed by atoms with Crippen LogP contribution in [0.3, 0.4) is 0 Å². The van der Waals surface area contributed by atoms with Gasteiger partial charge in [0.05, 0.1) is 22.1 Å². The van der Waals surface area contributed by atoms with Crippen molar-refractivity contribution in [3.8, 4) is 11.3 Å². The van der Waals surface area contributed by atoms with E-state index in [1.54, 1.807) is 17.5 Å². The number of hydrogen-bond acceptors (Lipinski definition) is 7. The van der Waals surface area contributed by atoms with Crippen LogP contribution in [0.1, 0.15) is 6.42 Å². The first kappa shape index (κ1) is 17.1. The van der Waals surface area contributed by atoms with Crippen molar-refractivity contribution in [1.82, 2.24) is 20.2 Å². The smallest absolute Gasteiger partial charge is 0.245 e. The van der Waals surface area contributed by atoms with Gasteiger partial charge < -0.3 is 9.80 Å². The summed E-state index contributed by atoms with van der Waals surface area (Å²) >= 11 is 1.76. The maximum Gasteiger partial charge on any atom is 0.245 e. The van der Waals surface area contributed by atoms with Gasteiger partial charge in [-0.05, 0) is 18.6 Å². The molecule has 2 aromatic carbocycles. The van der Waals surface area contributed by atoms with Crippen LogP contribution in [0.25, 0.3) is 21.5 Å². The number of thiazole rings is 1. The lowest BCUT2D eigenvalue weighted by Crippen LogP contribution is -2.31. The molecule has 7 heteroatoms. The highest BCUT2D eigenvalue weighted by Crippen LogP contribution is 2.29. The van der Waals surface area contributed by atoms with Crippen LogP contribution in [0.4, 0.5) is 11.1 Å². The highest BCUT2D eigenvalue weighted by atomic mass is 32.1. The molecule has 4 aromatic rings. The van der Waals surface area contributed by atoms with E-state index in [4.69, 9.17) is 9.97 Å². The fourth-order valence-corrected chi connectivity index (χ4v) is 4.50. The lowest BCUT2D eigenvalue weighted by atomic mass is 10.2. The Hall–Kier alpha value is -3.06. The maximum atomic E-state index is 4.81. The lowest BCUT2D eigenvalue weighted by molar-refractivity contribution is 0.765. The van der Waals surface area contributed by atoms with E-state index in [1.165, 1.54) is 4.70 Å². The second-order valence-electron chi connectivity index (χ2n) is 6.80. The number of nitrogens with zero attached hydrogens (tertiary/aromatic N) is 6. The van der Waals surface area contributed by atoms with E-state index in [9.17, 15) is 0 Å². The van der Waals surface area contributed by atoms with Crippen LogP contribution in [0, 0.1) is 0 Å². The third-order valence-electron chi connectivity index (χ3n) is 4.95. The minimum Gasteiger partial charge on any atom is -0.346 e. The van der Waals surface area contributed by atoms with Crippen LogP contribution in [0.2, 0.25) is 0 Å². The van der Waals surface area contributed by atoms with Gasteiger partial charge in [-0.25, -0.2) is 9.97 Å². The molecule has 0 aliphatic carbocycles. The van der Waals surface area contributed by atoms with Crippen molar-refractivity contribution in [3.63, 3.8) is 0 Å². The third-order valence-corrected chi connectivity index (χ3v) is 6.05. The fraction of sp³-hybridized carbons (Fsp3) is 0.238. The standard InChI is InChI=1S/C21H20N6S/c1-2-7-16(8-3-1)18-15-22-25-20(23-18)26-11-6-12-27(14-13-26)21-24-17-9-4-5-10-19(17)28-21/h1-5,7-10,15H,6,11-14H2. The van der Waals surface area contributed by atoms with E-state index in [-0.39, 0.29) is 0 Å². The summed E-state index contributed by atoms with van der Waals surface area (Å²) in [5.74, 6) is 0.701. The van der Waals surface area contributed by atoms with Crippen molar-refractivity contribution >= 4 is 32.6 Å². The van der Waals surface area contributed by atoms with Crippen molar-refractivity contribution in [1.29, 1.82) is 0 Å². The molecule has 0 atom stereocenters. The van der Waals surface area contributed by atoms with E-state index in [1.807, 2.05) is 36.4 Å². The summed E-state index contributed by atoms with van der Waals surface area (Å²) < 4.78 is 1.24. The Morgan fingerprint density at radius 3 is 2.46 bits per heavy atom. The Morgan fingerprint density at radius 1 is 0.786 bits per heavy atom. The highest BCUT2D eigenvalue weighted by Gasteiger charge is 2.20. The molecule has 0 N–H and O–H groups in total. The number of benzene rings is 2. The second-order valence-corrected chi connectivity index (χ2v) is 7.81. The molecule has 28 heavy (non-hydrogen) atoms. The van der Waals surface area contributed by atoms with Crippen LogP contribution >= 0.6 is 11.3 Å². The molecule has 5 rings (SSSR count). The summed E-state index contributed by atoms with van der Waals surface area (Å²) in [5.41, 5.74) is 2.99. The number of anilines is 2. The van der Waals surface area contributed by atoms with Gasteiger partial charge in [0.15, 0.2) is 5.13 Å². The predicted octanol–water partition coefficient (Wildman–Crippen LogP) is 3.87. The monoisotopic (exact) mass is 388 g/mol. The van der Waals surface area contributed by atoms with Crippen LogP contribution in [-0.2, 0) is 0 Å². The molecule has 140 valence electrons. The topological polar surface area (TPSA) is 58.0 Å². The van der Waals surface area contributed by atoms with Gasteiger partial charge in [0, 0.05) is 31.7 Å². The summed E-state index contributed by atoms with van der Waals surface area (Å²) in [6.07, 6.45) is 2.76. The molecule has 0 bridgehead atoms. The highest BCUT2D eigenvalue weighted by molar-refractivity contribution is 7.22. The molecule has 1 saturated heterocycles. The number of para-hydroxylation sites is 1. The van der Waals surface area contributed by atoms with Crippen molar-refractivity contribution < 1.29 is 0 Å². The van der Waals surface area contributed by atoms with Gasteiger partial charge in [-0.2, -0.15) is 5.10 Å². The van der Waals surface area contributed by atoms with Gasteiger partial charge in [-0.3, -0.25) is 0 Å². The van der Waals surface area contributed by atoms with Gasteiger partial charge in [-0.15, -0.1) is 5.10 Å². The summed E-state index contributed by atoms with van der Waals surface area (Å²) in [6.45, 7) is 3.66. The molecule has 1 aliphatic rings. The predicted molar refractivity (Wildman–Crippen MR) is 114 cm³/mol. The Balaban J connectivity index is 1.34. The maximum absolute atomic E-state index is 4.81. The van der Waals surface area contributed by atoms with E-state index >= 15 is 0 Å². The zero-order valence-corrected chi connectivity index (χ0v) is 16.2. The van der Waals surface area contributed by atoms with Gasteiger partial charge in [0.1, 0.15) is 0 Å². The fourth-order valence-electron chi connectivity index (χ4n) is 3.48. The van der Waals surface area contributed by atoms with Crippen molar-refractivity contribution in [2.75, 3.05) is 36.0 Å². The van der Waals surface area contributed by atoms with Crippen LogP contribution < -0.4 is 9.80 Å². The first-order valence-corrected chi connectivity index (χ1v) is 10.3. The summed E-state index contributed by atoms with van der Waals surface area (Å²) in [4.78, 5) is 14.2. The normalized spacial score (nSPS) is 15.0. The van der Waals surface area contributed by atoms with E-state index in [2.05, 4.69) is 38.2 Å². The molecule has 0 unspecified atom stereocenters. The number of rotatable bonds is 3. The Morgan fingerprint density at radius 2 is 1.57 bits per heavy atom. The zero-order chi connectivity index (χ0) is 18.8. The Labute approximate surface area is 167 Å². The molecule has 6 nitrogen and oxygen atoms in total. The van der Waals surface area contributed by atoms with Gasteiger partial charge in [-0.1, -0.05) is 53.8 Å². The van der Waals surface area contributed by atoms with Gasteiger partial charge >= 0.3 is 0 Å². The molecule has 0 spiro atoms. The van der Waals surface area contributed by atoms with E-state index in [0.717, 1.165) is 54.5 Å². The number of aromatic nitrogens is 4. The molecule has 3 heterocycles. The van der Waals surface area contributed by atoms with Crippen molar-refractivity contribution in [2.45, 2.75) is 6.42 Å². The first-order chi connectivity index (χ1) is 13.9. The van der Waals surface area contributed by atoms with Crippen molar-refractivity contribution in [3.05, 3.63) is 60.8 Å². The Kier molecular flexibility index (Phi) is 4.58. The summed E-state index contributed by atoms with van der Waals surface area (Å²) in [7, 11) is 0. The number of fused-ring (bicyclic) bond motifs is 1. The van der Waals surface area contributed by atoms with Gasteiger partial charge in [0.25, 0.3) is 0 Å². The average Bonchev–Trinajstić information content (AvgIpc) is 3.04. The Bertz CT molecular complexity index is 1050. The lowest BCUT2D eigenvalue weighted by Gasteiger charge is -2.21. The molecule has 1 fully saturated rings. The van der Waals surface area contributed by atoms with E-state index < -0.39 is 0 Å². The van der Waals surface area contributed by atoms with Crippen LogP contribution in [-0.4, -0.2) is 46.3 Å². The SMILES string of the molecule is c1ccc(-c2cnnc(N3CCCN(c4nc5ccccc5s4)CC3)n2)cc1. The summed E-state index contributed by atoms with van der Waals surface area (Å²) in [5, 5.41) is 9.59. The third kappa shape index (κ3) is 3.41. The summed E-state index contributed by atoms with van der Waals surface area (Å²) in [6, 6.07) is 18.4. The molecule has 1 aliphatic heterocycles. The largest absolute Gasteiger partial charge is 0.346 e. The quantitative estimate of drug-likeness (QED) is 0.531.